The lowest BCUT2D eigenvalue weighted by atomic mass is 9.91. The number of amides is 1. The Morgan fingerprint density at radius 3 is 2.61 bits per heavy atom. The highest BCUT2D eigenvalue weighted by Gasteiger charge is 2.37. The van der Waals surface area contributed by atoms with Crippen LogP contribution in [0.1, 0.15) is 33.1 Å². The highest BCUT2D eigenvalue weighted by atomic mass is 19.4. The molecule has 1 fully saturated rings. The number of hydrogen-bond donors (Lipinski definition) is 1. The van der Waals surface area contributed by atoms with Crippen molar-refractivity contribution in [3.05, 3.63) is 0 Å². The predicted octanol–water partition coefficient (Wildman–Crippen LogP) is 2.18. The van der Waals surface area contributed by atoms with E-state index in [0.29, 0.717) is 13.0 Å². The molecule has 1 rings (SSSR count). The zero-order valence-electron chi connectivity index (χ0n) is 10.9. The van der Waals surface area contributed by atoms with Crippen LogP contribution >= 0.6 is 0 Å². The Balaban J connectivity index is 2.68. The number of piperidine rings is 1. The molecule has 1 saturated heterocycles. The van der Waals surface area contributed by atoms with Gasteiger partial charge < -0.3 is 10.2 Å². The molecule has 0 radical (unpaired) electrons. The van der Waals surface area contributed by atoms with Crippen LogP contribution in [0.3, 0.4) is 0 Å². The maximum atomic E-state index is 12.4. The van der Waals surface area contributed by atoms with Crippen LogP contribution < -0.4 is 5.32 Å². The monoisotopic (exact) mass is 266 g/mol. The Bertz CT molecular complexity index is 281. The minimum Gasteiger partial charge on any atom is -0.332 e. The number of rotatable bonds is 4. The van der Waals surface area contributed by atoms with Crippen LogP contribution in [0.25, 0.3) is 0 Å². The molecule has 2 unspecified atom stereocenters. The Hall–Kier alpha value is -0.780. The lowest BCUT2D eigenvalue weighted by Crippen LogP contribution is -2.54. The van der Waals surface area contributed by atoms with Gasteiger partial charge in [0.25, 0.3) is 0 Å². The van der Waals surface area contributed by atoms with Gasteiger partial charge >= 0.3 is 6.18 Å². The molecular formula is C12H21F3N2O. The van der Waals surface area contributed by atoms with Gasteiger partial charge in [-0.05, 0) is 31.7 Å². The largest absolute Gasteiger partial charge is 0.406 e. The van der Waals surface area contributed by atoms with Crippen LogP contribution in [0.4, 0.5) is 13.2 Å². The van der Waals surface area contributed by atoms with Crippen molar-refractivity contribution < 1.29 is 18.0 Å². The second-order valence-electron chi connectivity index (χ2n) is 4.93. The first-order valence-corrected chi connectivity index (χ1v) is 6.44. The van der Waals surface area contributed by atoms with E-state index >= 15 is 0 Å². The van der Waals surface area contributed by atoms with E-state index in [1.54, 1.807) is 6.92 Å². The second kappa shape index (κ2) is 6.41. The van der Waals surface area contributed by atoms with Crippen LogP contribution in [0, 0.1) is 5.92 Å². The summed E-state index contributed by atoms with van der Waals surface area (Å²) in [7, 11) is 0. The van der Waals surface area contributed by atoms with Gasteiger partial charge in [-0.1, -0.05) is 13.8 Å². The predicted molar refractivity (Wildman–Crippen MR) is 63.1 cm³/mol. The molecular weight excluding hydrogens is 245 g/mol. The minimum absolute atomic E-state index is 0.0961. The van der Waals surface area contributed by atoms with E-state index in [4.69, 9.17) is 0 Å². The molecule has 0 aromatic carbocycles. The first-order chi connectivity index (χ1) is 8.35. The fraction of sp³-hybridized carbons (Fsp3) is 0.917. The summed E-state index contributed by atoms with van der Waals surface area (Å²) in [5, 5.41) is 3.03. The number of nitrogens with one attached hydrogen (secondary N) is 1. The third-order valence-electron chi connectivity index (χ3n) is 3.21. The maximum Gasteiger partial charge on any atom is 0.406 e. The number of halogens is 3. The summed E-state index contributed by atoms with van der Waals surface area (Å²) in [6.07, 6.45) is -1.95. The van der Waals surface area contributed by atoms with Gasteiger partial charge in [-0.25, -0.2) is 0 Å². The van der Waals surface area contributed by atoms with Crippen LogP contribution in [0.15, 0.2) is 0 Å². The Morgan fingerprint density at radius 2 is 2.11 bits per heavy atom. The number of nitrogens with zero attached hydrogens (tertiary/aromatic N) is 1. The Kier molecular flexibility index (Phi) is 5.44. The van der Waals surface area contributed by atoms with Gasteiger partial charge in [-0.2, -0.15) is 13.2 Å². The molecule has 1 heterocycles. The molecule has 1 aliphatic rings. The van der Waals surface area contributed by atoms with Crippen LogP contribution in [-0.4, -0.2) is 42.7 Å². The van der Waals surface area contributed by atoms with Gasteiger partial charge in [0.1, 0.15) is 6.54 Å². The topological polar surface area (TPSA) is 32.3 Å². The smallest absolute Gasteiger partial charge is 0.332 e. The minimum atomic E-state index is -4.33. The molecule has 3 nitrogen and oxygen atoms in total. The summed E-state index contributed by atoms with van der Waals surface area (Å²) < 4.78 is 37.3. The maximum absolute atomic E-state index is 12.4. The fourth-order valence-electron chi connectivity index (χ4n) is 2.33. The average molecular weight is 266 g/mol. The summed E-state index contributed by atoms with van der Waals surface area (Å²) in [6.45, 7) is 3.39. The summed E-state index contributed by atoms with van der Waals surface area (Å²) in [4.78, 5) is 13.1. The third-order valence-corrected chi connectivity index (χ3v) is 3.21. The van der Waals surface area contributed by atoms with Crippen molar-refractivity contribution in [2.24, 2.45) is 5.92 Å². The van der Waals surface area contributed by atoms with Gasteiger partial charge in [0, 0.05) is 6.54 Å². The highest BCUT2D eigenvalue weighted by Crippen LogP contribution is 2.21. The fourth-order valence-corrected chi connectivity index (χ4v) is 2.33. The van der Waals surface area contributed by atoms with E-state index in [1.807, 2.05) is 6.92 Å². The van der Waals surface area contributed by atoms with Gasteiger partial charge in [0.15, 0.2) is 0 Å². The van der Waals surface area contributed by atoms with E-state index in [0.717, 1.165) is 17.7 Å². The first-order valence-electron chi connectivity index (χ1n) is 6.44. The lowest BCUT2D eigenvalue weighted by Gasteiger charge is -2.34. The van der Waals surface area contributed by atoms with Gasteiger partial charge in [-0.15, -0.1) is 0 Å². The number of hydrogen-bond acceptors (Lipinski definition) is 2. The van der Waals surface area contributed by atoms with Crippen LogP contribution in [0.2, 0.25) is 0 Å². The zero-order chi connectivity index (χ0) is 13.8. The molecule has 0 aliphatic carbocycles. The van der Waals surface area contributed by atoms with E-state index in [1.165, 1.54) is 0 Å². The third kappa shape index (κ3) is 4.48. The van der Waals surface area contributed by atoms with E-state index in [2.05, 4.69) is 5.32 Å². The van der Waals surface area contributed by atoms with Gasteiger partial charge in [-0.3, -0.25) is 4.79 Å². The standard InChI is InChI=1S/C12H21F3N2O/c1-3-7-17(8-12(13,14)15)11(18)10-9(2)5-4-6-16-10/h9-10,16H,3-8H2,1-2H3. The Morgan fingerprint density at radius 1 is 1.44 bits per heavy atom. The second-order valence-corrected chi connectivity index (χ2v) is 4.93. The number of carbonyl (C=O) groups excluding carboxylic acids is 1. The van der Waals surface area contributed by atoms with Crippen LogP contribution in [-0.2, 0) is 4.79 Å². The molecule has 0 aromatic heterocycles. The SMILES string of the molecule is CCCN(CC(F)(F)F)C(=O)C1NCCCC1C. The first kappa shape index (κ1) is 15.3. The quantitative estimate of drug-likeness (QED) is 0.846. The Labute approximate surface area is 106 Å². The van der Waals surface area contributed by atoms with Crippen molar-refractivity contribution in [1.29, 1.82) is 0 Å². The summed E-state index contributed by atoms with van der Waals surface area (Å²) in [5.41, 5.74) is 0. The molecule has 1 amide bonds. The van der Waals surface area contributed by atoms with E-state index in [9.17, 15) is 18.0 Å². The molecule has 106 valence electrons. The summed E-state index contributed by atoms with van der Waals surface area (Å²) in [5.74, 6) is -0.319. The summed E-state index contributed by atoms with van der Waals surface area (Å²) in [6, 6.07) is -0.465. The molecule has 1 aliphatic heterocycles. The van der Waals surface area contributed by atoms with Gasteiger partial charge in [0.05, 0.1) is 6.04 Å². The molecule has 0 spiro atoms. The molecule has 18 heavy (non-hydrogen) atoms. The molecule has 1 N–H and O–H groups in total. The van der Waals surface area contributed by atoms with Crippen molar-refractivity contribution in [3.8, 4) is 0 Å². The van der Waals surface area contributed by atoms with Crippen molar-refractivity contribution in [3.63, 3.8) is 0 Å². The van der Waals surface area contributed by atoms with E-state index in [-0.39, 0.29) is 12.5 Å². The zero-order valence-corrected chi connectivity index (χ0v) is 10.9. The normalized spacial score (nSPS) is 24.9. The molecule has 2 atom stereocenters. The van der Waals surface area contributed by atoms with Crippen molar-refractivity contribution >= 4 is 5.91 Å². The average Bonchev–Trinajstić information content (AvgIpc) is 2.26. The summed E-state index contributed by atoms with van der Waals surface area (Å²) >= 11 is 0. The van der Waals surface area contributed by atoms with Crippen LogP contribution in [0.5, 0.6) is 0 Å². The highest BCUT2D eigenvalue weighted by molar-refractivity contribution is 5.82. The number of carbonyl (C=O) groups is 1. The van der Waals surface area contributed by atoms with Gasteiger partial charge in [0.2, 0.25) is 5.91 Å². The molecule has 0 saturated carbocycles. The van der Waals surface area contributed by atoms with E-state index < -0.39 is 24.7 Å². The van der Waals surface area contributed by atoms with Crippen molar-refractivity contribution in [2.75, 3.05) is 19.6 Å². The molecule has 0 bridgehead atoms. The molecule has 0 aromatic rings. The van der Waals surface area contributed by atoms with Crippen molar-refractivity contribution in [1.82, 2.24) is 10.2 Å². The molecule has 6 heteroatoms. The number of alkyl halides is 3. The van der Waals surface area contributed by atoms with Crippen molar-refractivity contribution in [2.45, 2.75) is 45.3 Å². The lowest BCUT2D eigenvalue weighted by molar-refractivity contribution is -0.163.